The summed E-state index contributed by atoms with van der Waals surface area (Å²) in [6.07, 6.45) is 30.4. The fraction of sp³-hybridized carbons (Fsp3) is 0.861. The minimum absolute atomic E-state index is 0.0406. The first-order chi connectivity index (χ1) is 68.4. The van der Waals surface area contributed by atoms with E-state index in [4.69, 9.17) is 85.3 Å². The highest BCUT2D eigenvalue weighted by Gasteiger charge is 2.73. The number of unbranched alkanes of at least 4 members (excludes halogenated alkanes) is 1. The number of carbonyl (C=O) groups is 1. The molecule has 26 heteroatoms. The molecule has 0 unspecified atom stereocenters. The van der Waals surface area contributed by atoms with Crippen LogP contribution in [0, 0.1) is 68.0 Å². The van der Waals surface area contributed by atoms with Crippen molar-refractivity contribution in [1.29, 1.82) is 0 Å². The van der Waals surface area contributed by atoms with Crippen LogP contribution in [-0.2, 0) is 90.1 Å². The molecule has 16 aliphatic rings. The molecule has 0 N–H and O–H groups in total. The van der Waals surface area contributed by atoms with Crippen molar-refractivity contribution in [1.82, 2.24) is 14.9 Å². The molecular weight excluding hydrogens is 1880 g/mol. The van der Waals surface area contributed by atoms with Gasteiger partial charge in [0.1, 0.15) is 23.6 Å². The second kappa shape index (κ2) is 50.4. The fourth-order valence-corrected chi connectivity index (χ4v) is 23.3. The summed E-state index contributed by atoms with van der Waals surface area (Å²) < 4.78 is 133. The second-order valence-electron chi connectivity index (χ2n) is 56.5. The van der Waals surface area contributed by atoms with E-state index in [1.54, 1.807) is 33.0 Å². The van der Waals surface area contributed by atoms with Gasteiger partial charge < -0.3 is 100.0 Å². The van der Waals surface area contributed by atoms with Gasteiger partial charge in [-0.15, -0.1) is 0 Å². The summed E-state index contributed by atoms with van der Waals surface area (Å²) in [5.41, 5.74) is 2.66. The average molecular weight is 2080 g/mol. The smallest absolute Gasteiger partial charge is 0.381 e. The Labute approximate surface area is 894 Å². The standard InChI is InChI=1S/C27H42N2O3.C25H36F2N2O3.C24H43NO4.C23H42O5.C23H38O4/c1-25(2,3)31-24-18-23(19-24)30-22-11-15-29(16-12-22)21-10-14-28-20(17-21)9-13-27(7,8)32-26(4,5)6;1-23(2,3)31-22-16-21(17-22)30-20-9-13-29(14-10-20)19-8-12-28-18(15-19)7-11-25(26,27)32-24(4,5)6;1-21(2,3)28-11-9-8-10-27-17-23-14-24(15-23,16-23)20(26)25(7)18-12-19(13-18)29-22(4,5)6;1-20(2,3)27-10-9-24-7-8-25-16-22-13-23(14-22,15-22)17-26-18-11-19(12-18)28-21(4,5)6;1-20(2,3)26-11-10-24-9-7-8-22-14-23(15-22,16-22)17-25-18-12-19(13-18)27-21(4,5)6/h10,14,17,22-24H,11-12,15-16,18-19H2,1-8H3;8,12,15,20-22H,9-10,13-14,16-17H2,1-6H3;18-19H,8-17H2,1-7H3;18-19H,7-17H2,1-6H3;18-19H,9-17H2,1-6H3. The number of aromatic nitrogens is 2. The zero-order valence-corrected chi connectivity index (χ0v) is 98.3. The number of piperidine rings is 2. The van der Waals surface area contributed by atoms with Crippen LogP contribution >= 0.6 is 0 Å². The van der Waals surface area contributed by atoms with Crippen LogP contribution in [0.1, 0.15) is 393 Å². The SMILES string of the molecule is CC(C)(C)OC1CC(OC2CCN(c3ccnc(C#CC(C)(C)OC(C)(C)C)c3)CC2)C1.CC(C)(C)OC1CC(OC2CCN(c3ccnc(C#CC(F)(F)OC(C)(C)C)c3)CC2)C1.CC(C)(C)OCCOCC#CC12CC(COC3CC(OC(C)(C)C)C3)(C1)C2.CC(C)(C)OCCOCCOCC12CC(COC3CC(OC(C)(C)C)C3)(C1)C2.CN(C(=O)C12CC(COCCCCOC(C)(C)C)(C1)C2)C1CC(OC(C)(C)C)C1. The van der Waals surface area contributed by atoms with Gasteiger partial charge in [-0.25, -0.2) is 9.97 Å². The lowest BCUT2D eigenvalue weighted by Gasteiger charge is -2.70. The van der Waals surface area contributed by atoms with E-state index in [2.05, 4.69) is 228 Å². The molecule has 0 radical (unpaired) electrons. The number of amides is 1. The number of rotatable bonds is 40. The van der Waals surface area contributed by atoms with Crippen LogP contribution in [0.3, 0.4) is 0 Å². The summed E-state index contributed by atoms with van der Waals surface area (Å²) in [5.74, 6) is 17.8. The predicted octanol–water partition coefficient (Wildman–Crippen LogP) is 23.8. The Bertz CT molecular complexity index is 4420. The van der Waals surface area contributed by atoms with Gasteiger partial charge in [0.05, 0.1) is 195 Å². The Morgan fingerprint density at radius 2 is 0.716 bits per heavy atom. The Morgan fingerprint density at radius 1 is 0.372 bits per heavy atom. The average Bonchev–Trinajstić information content (AvgIpc) is 0.671. The van der Waals surface area contributed by atoms with E-state index in [0.717, 1.165) is 199 Å². The molecule has 2 saturated heterocycles. The van der Waals surface area contributed by atoms with Crippen molar-refractivity contribution in [3.05, 3.63) is 48.0 Å². The number of hydrogen-bond acceptors (Lipinski definition) is 23. The number of alkyl halides is 2. The van der Waals surface area contributed by atoms with Crippen molar-refractivity contribution in [2.24, 2.45) is 32.5 Å². The van der Waals surface area contributed by atoms with Gasteiger partial charge in [0.25, 0.3) is 0 Å². The van der Waals surface area contributed by atoms with E-state index in [1.165, 1.54) is 44.2 Å². The van der Waals surface area contributed by atoms with Gasteiger partial charge in [0.2, 0.25) is 5.91 Å². The van der Waals surface area contributed by atoms with E-state index in [1.807, 2.05) is 64.7 Å². The molecule has 16 fully saturated rings. The van der Waals surface area contributed by atoms with Crippen molar-refractivity contribution in [2.45, 2.75) is 523 Å². The van der Waals surface area contributed by atoms with E-state index in [9.17, 15) is 13.6 Å². The number of carbonyl (C=O) groups excluding carboxylic acids is 1. The van der Waals surface area contributed by atoms with Crippen molar-refractivity contribution in [3.63, 3.8) is 0 Å². The van der Waals surface area contributed by atoms with E-state index >= 15 is 0 Å². The minimum Gasteiger partial charge on any atom is -0.381 e. The van der Waals surface area contributed by atoms with Crippen molar-refractivity contribution >= 4 is 17.3 Å². The minimum atomic E-state index is -3.52. The van der Waals surface area contributed by atoms with Gasteiger partial charge in [0.15, 0.2) is 0 Å². The Morgan fingerprint density at radius 3 is 1.12 bits per heavy atom. The van der Waals surface area contributed by atoms with Crippen LogP contribution in [0.15, 0.2) is 36.7 Å². The van der Waals surface area contributed by atoms with Crippen molar-refractivity contribution in [3.8, 4) is 35.5 Å². The molecule has 18 rings (SSSR count). The summed E-state index contributed by atoms with van der Waals surface area (Å²) in [5, 5.41) is 0. The largest absolute Gasteiger partial charge is 0.424 e. The molecular formula is C122H201F2N5O19. The third kappa shape index (κ3) is 41.9. The van der Waals surface area contributed by atoms with Gasteiger partial charge in [-0.1, -0.05) is 17.8 Å². The molecule has 14 saturated carbocycles. The lowest BCUT2D eigenvalue weighted by atomic mass is 9.35. The maximum absolute atomic E-state index is 13.9. The first-order valence-corrected chi connectivity index (χ1v) is 56.6. The van der Waals surface area contributed by atoms with Crippen LogP contribution in [0.25, 0.3) is 0 Å². The van der Waals surface area contributed by atoms with E-state index in [-0.39, 0.29) is 72.8 Å². The number of ether oxygens (including phenoxy) is 18. The first kappa shape index (κ1) is 123. The number of halogens is 2. The van der Waals surface area contributed by atoms with Crippen LogP contribution in [0.5, 0.6) is 0 Å². The molecule has 0 spiro atoms. The molecule has 0 atom stereocenters. The Kier molecular flexibility index (Phi) is 42.0. The molecule has 24 nitrogen and oxygen atoms in total. The molecule has 6 bridgehead atoms. The number of hydrogen-bond donors (Lipinski definition) is 0. The Hall–Kier alpha value is -4.81. The molecule has 4 heterocycles. The van der Waals surface area contributed by atoms with Gasteiger partial charge in [0, 0.05) is 87.6 Å². The molecule has 1 amide bonds. The fourth-order valence-electron chi connectivity index (χ4n) is 23.3. The summed E-state index contributed by atoms with van der Waals surface area (Å²) in [6, 6.07) is 8.15. The molecule has 2 aromatic heterocycles. The summed E-state index contributed by atoms with van der Waals surface area (Å²) in [4.78, 5) is 28.2. The van der Waals surface area contributed by atoms with Gasteiger partial charge in [-0.2, -0.15) is 8.78 Å². The predicted molar refractivity (Wildman–Crippen MR) is 582 cm³/mol. The number of pyridine rings is 2. The summed E-state index contributed by atoms with van der Waals surface area (Å²) >= 11 is 0. The van der Waals surface area contributed by atoms with Gasteiger partial charge >= 0.3 is 6.11 Å². The third-order valence-corrected chi connectivity index (χ3v) is 29.1. The maximum Gasteiger partial charge on any atom is 0.424 e. The summed E-state index contributed by atoms with van der Waals surface area (Å²) in [6.45, 7) is 78.2. The zero-order valence-electron chi connectivity index (χ0n) is 98.3. The van der Waals surface area contributed by atoms with Gasteiger partial charge in [-0.3, -0.25) is 4.79 Å². The lowest BCUT2D eigenvalue weighted by Crippen LogP contribution is -2.70. The third-order valence-electron chi connectivity index (χ3n) is 29.1. The zero-order chi connectivity index (χ0) is 109. The van der Waals surface area contributed by atoms with E-state index < -0.39 is 17.3 Å². The summed E-state index contributed by atoms with van der Waals surface area (Å²) in [7, 11) is 1.99. The molecule has 2 aliphatic heterocycles. The van der Waals surface area contributed by atoms with Crippen LogP contribution in [-0.4, -0.2) is 281 Å². The normalized spacial score (nSPS) is 29.3. The molecule has 148 heavy (non-hydrogen) atoms. The van der Waals surface area contributed by atoms with Gasteiger partial charge in [-0.05, 0) is 440 Å². The topological polar surface area (TPSA) is 219 Å². The Balaban J connectivity index is 0.000000176. The quantitative estimate of drug-likeness (QED) is 0.0447. The highest BCUT2D eigenvalue weighted by atomic mass is 19.3. The molecule has 14 aliphatic carbocycles. The molecule has 2 aromatic rings. The highest BCUT2D eigenvalue weighted by molar-refractivity contribution is 5.86. The van der Waals surface area contributed by atoms with E-state index in [0.29, 0.717) is 141 Å². The maximum atomic E-state index is 13.9. The van der Waals surface area contributed by atoms with Crippen LogP contribution in [0.4, 0.5) is 20.2 Å². The highest BCUT2D eigenvalue weighted by Crippen LogP contribution is 2.75. The first-order valence-electron chi connectivity index (χ1n) is 56.6. The van der Waals surface area contributed by atoms with Crippen molar-refractivity contribution in [2.75, 3.05) is 129 Å². The van der Waals surface area contributed by atoms with Crippen molar-refractivity contribution < 1.29 is 98.8 Å². The number of anilines is 2. The molecule has 842 valence electrons. The number of nitrogens with zero attached hydrogens (tertiary/aromatic N) is 5. The van der Waals surface area contributed by atoms with Crippen LogP contribution in [0.2, 0.25) is 0 Å². The molecule has 0 aromatic carbocycles. The monoisotopic (exact) mass is 2080 g/mol. The second-order valence-corrected chi connectivity index (χ2v) is 56.5. The lowest BCUT2D eigenvalue weighted by molar-refractivity contribution is -0.267. The van der Waals surface area contributed by atoms with Crippen LogP contribution < -0.4 is 9.80 Å².